The van der Waals surface area contributed by atoms with Gasteiger partial charge in [-0.25, -0.2) is 4.79 Å². The second-order valence-electron chi connectivity index (χ2n) is 3.43. The van der Waals surface area contributed by atoms with E-state index in [1.54, 1.807) is 30.3 Å². The Hall–Kier alpha value is -2.36. The molecule has 17 heavy (non-hydrogen) atoms. The first-order valence-corrected chi connectivity index (χ1v) is 5.05. The van der Waals surface area contributed by atoms with E-state index < -0.39 is 5.97 Å². The van der Waals surface area contributed by atoms with Crippen LogP contribution in [-0.2, 0) is 0 Å². The number of benzene rings is 1. The molecule has 0 saturated heterocycles. The minimum Gasteiger partial charge on any atom is -0.422 e. The molecule has 4 heteroatoms. The second-order valence-corrected chi connectivity index (χ2v) is 3.43. The molecule has 2 rings (SSSR count). The minimum atomic E-state index is -0.518. The zero-order chi connectivity index (χ0) is 12.3. The van der Waals surface area contributed by atoms with E-state index in [-0.39, 0.29) is 17.5 Å². The van der Waals surface area contributed by atoms with E-state index in [1.165, 1.54) is 19.1 Å². The summed E-state index contributed by atoms with van der Waals surface area (Å²) in [5.41, 5.74) is 0.424. The predicted molar refractivity (Wildman–Crippen MR) is 60.1 cm³/mol. The highest BCUT2D eigenvalue weighted by Crippen LogP contribution is 2.17. The van der Waals surface area contributed by atoms with Gasteiger partial charge in [0.2, 0.25) is 0 Å². The molecule has 2 aromatic rings. The maximum absolute atomic E-state index is 11.6. The summed E-state index contributed by atoms with van der Waals surface area (Å²) in [4.78, 5) is 22.6. The number of esters is 1. The number of furan rings is 1. The molecule has 0 atom stereocenters. The SMILES string of the molecule is CC(=O)c1ccc(OC(=O)c2ccccc2)o1. The molecule has 0 bridgehead atoms. The molecule has 1 aromatic heterocycles. The summed E-state index contributed by atoms with van der Waals surface area (Å²) < 4.78 is 10.0. The average Bonchev–Trinajstić information content (AvgIpc) is 2.79. The van der Waals surface area contributed by atoms with E-state index in [0.29, 0.717) is 5.56 Å². The third-order valence-electron chi connectivity index (χ3n) is 2.13. The Morgan fingerprint density at radius 2 is 1.76 bits per heavy atom. The van der Waals surface area contributed by atoms with Gasteiger partial charge in [-0.1, -0.05) is 18.2 Å². The van der Waals surface area contributed by atoms with Crippen LogP contribution in [0.25, 0.3) is 0 Å². The van der Waals surface area contributed by atoms with Gasteiger partial charge in [-0.05, 0) is 18.2 Å². The normalized spacial score (nSPS) is 9.94. The van der Waals surface area contributed by atoms with Crippen LogP contribution in [0.5, 0.6) is 5.95 Å². The Bertz CT molecular complexity index is 540. The highest BCUT2D eigenvalue weighted by molar-refractivity contribution is 5.92. The van der Waals surface area contributed by atoms with E-state index in [2.05, 4.69) is 0 Å². The summed E-state index contributed by atoms with van der Waals surface area (Å²) >= 11 is 0. The van der Waals surface area contributed by atoms with Gasteiger partial charge in [0.15, 0.2) is 11.5 Å². The third-order valence-corrected chi connectivity index (χ3v) is 2.13. The number of carbonyl (C=O) groups is 2. The Labute approximate surface area is 97.8 Å². The molecule has 1 heterocycles. The maximum Gasteiger partial charge on any atom is 0.345 e. The Kier molecular flexibility index (Phi) is 3.05. The molecule has 4 nitrogen and oxygen atoms in total. The molecule has 0 radical (unpaired) electrons. The van der Waals surface area contributed by atoms with Gasteiger partial charge in [0, 0.05) is 13.0 Å². The molecule has 0 aliphatic carbocycles. The van der Waals surface area contributed by atoms with Gasteiger partial charge in [0.1, 0.15) is 0 Å². The highest BCUT2D eigenvalue weighted by Gasteiger charge is 2.12. The molecule has 86 valence electrons. The van der Waals surface area contributed by atoms with E-state index in [0.717, 1.165) is 0 Å². The Morgan fingerprint density at radius 1 is 1.06 bits per heavy atom. The number of hydrogen-bond donors (Lipinski definition) is 0. The van der Waals surface area contributed by atoms with Crippen LogP contribution < -0.4 is 4.74 Å². The van der Waals surface area contributed by atoms with E-state index in [9.17, 15) is 9.59 Å². The van der Waals surface area contributed by atoms with Crippen molar-refractivity contribution in [1.29, 1.82) is 0 Å². The first kappa shape index (κ1) is 11.1. The monoisotopic (exact) mass is 230 g/mol. The third kappa shape index (κ3) is 2.60. The van der Waals surface area contributed by atoms with Gasteiger partial charge >= 0.3 is 5.97 Å². The van der Waals surface area contributed by atoms with Crippen LogP contribution in [-0.4, -0.2) is 11.8 Å². The maximum atomic E-state index is 11.6. The van der Waals surface area contributed by atoms with Crippen molar-refractivity contribution in [3.05, 3.63) is 53.8 Å². The molecule has 0 spiro atoms. The van der Waals surface area contributed by atoms with Crippen molar-refractivity contribution in [1.82, 2.24) is 0 Å². The number of ketones is 1. The number of carbonyl (C=O) groups excluding carboxylic acids is 2. The molecule has 0 aliphatic heterocycles. The lowest BCUT2D eigenvalue weighted by atomic mass is 10.2. The van der Waals surface area contributed by atoms with Crippen LogP contribution in [0.15, 0.2) is 46.9 Å². The molecule has 0 unspecified atom stereocenters. The first-order valence-electron chi connectivity index (χ1n) is 5.05. The molecule has 1 aromatic carbocycles. The average molecular weight is 230 g/mol. The molecule has 0 fully saturated rings. The molecule has 0 N–H and O–H groups in total. The van der Waals surface area contributed by atoms with Crippen molar-refractivity contribution >= 4 is 11.8 Å². The van der Waals surface area contributed by atoms with Gasteiger partial charge in [0.05, 0.1) is 5.56 Å². The lowest BCUT2D eigenvalue weighted by Gasteiger charge is -1.99. The fraction of sp³-hybridized carbons (Fsp3) is 0.0769. The van der Waals surface area contributed by atoms with Crippen molar-refractivity contribution in [3.8, 4) is 5.95 Å². The topological polar surface area (TPSA) is 56.5 Å². The second kappa shape index (κ2) is 4.65. The van der Waals surface area contributed by atoms with E-state index in [4.69, 9.17) is 9.15 Å². The van der Waals surface area contributed by atoms with Crippen LogP contribution in [0.2, 0.25) is 0 Å². The molecular weight excluding hydrogens is 220 g/mol. The van der Waals surface area contributed by atoms with Crippen molar-refractivity contribution in [3.63, 3.8) is 0 Å². The van der Waals surface area contributed by atoms with E-state index in [1.807, 2.05) is 0 Å². The van der Waals surface area contributed by atoms with Crippen LogP contribution in [0.4, 0.5) is 0 Å². The highest BCUT2D eigenvalue weighted by atomic mass is 16.6. The predicted octanol–water partition coefficient (Wildman–Crippen LogP) is 2.70. The van der Waals surface area contributed by atoms with Gasteiger partial charge < -0.3 is 9.15 Å². The fourth-order valence-corrected chi connectivity index (χ4v) is 1.29. The fourth-order valence-electron chi connectivity index (χ4n) is 1.29. The minimum absolute atomic E-state index is 0.0176. The molecule has 0 saturated carbocycles. The quantitative estimate of drug-likeness (QED) is 0.600. The Balaban J connectivity index is 2.11. The van der Waals surface area contributed by atoms with Crippen molar-refractivity contribution in [2.45, 2.75) is 6.92 Å². The van der Waals surface area contributed by atoms with Gasteiger partial charge in [-0.3, -0.25) is 4.79 Å². The summed E-state index contributed by atoms with van der Waals surface area (Å²) in [6.45, 7) is 1.38. The lowest BCUT2D eigenvalue weighted by molar-refractivity contribution is 0.0686. The summed E-state index contributed by atoms with van der Waals surface area (Å²) in [6.07, 6.45) is 0. The lowest BCUT2D eigenvalue weighted by Crippen LogP contribution is -2.07. The summed E-state index contributed by atoms with van der Waals surface area (Å²) in [5.74, 6) is -0.549. The number of hydrogen-bond acceptors (Lipinski definition) is 4. The summed E-state index contributed by atoms with van der Waals surface area (Å²) in [7, 11) is 0. The zero-order valence-electron chi connectivity index (χ0n) is 9.17. The van der Waals surface area contributed by atoms with Crippen LogP contribution in [0.1, 0.15) is 27.8 Å². The van der Waals surface area contributed by atoms with Gasteiger partial charge in [-0.2, -0.15) is 0 Å². The zero-order valence-corrected chi connectivity index (χ0v) is 9.17. The molecule has 0 amide bonds. The molecular formula is C13H10O4. The van der Waals surface area contributed by atoms with Crippen molar-refractivity contribution < 1.29 is 18.7 Å². The molecule has 0 aliphatic rings. The largest absolute Gasteiger partial charge is 0.422 e. The standard InChI is InChI=1S/C13H10O4/c1-9(14)11-7-8-12(16-11)17-13(15)10-5-3-2-4-6-10/h2-8H,1H3. The number of ether oxygens (including phenoxy) is 1. The van der Waals surface area contributed by atoms with Crippen LogP contribution >= 0.6 is 0 Å². The number of Topliss-reactive ketones (excluding diaryl/α,β-unsaturated/α-hetero) is 1. The summed E-state index contributed by atoms with van der Waals surface area (Å²) in [5, 5.41) is 0. The first-order chi connectivity index (χ1) is 8.16. The van der Waals surface area contributed by atoms with Gasteiger partial charge in [-0.15, -0.1) is 0 Å². The number of rotatable bonds is 3. The van der Waals surface area contributed by atoms with Crippen LogP contribution in [0.3, 0.4) is 0 Å². The van der Waals surface area contributed by atoms with Crippen molar-refractivity contribution in [2.75, 3.05) is 0 Å². The van der Waals surface area contributed by atoms with Crippen molar-refractivity contribution in [2.24, 2.45) is 0 Å². The van der Waals surface area contributed by atoms with Crippen LogP contribution in [0, 0.1) is 0 Å². The smallest absolute Gasteiger partial charge is 0.345 e. The summed E-state index contributed by atoms with van der Waals surface area (Å²) in [6, 6.07) is 11.5. The van der Waals surface area contributed by atoms with Gasteiger partial charge in [0.25, 0.3) is 5.95 Å². The Morgan fingerprint density at radius 3 is 2.35 bits per heavy atom. The van der Waals surface area contributed by atoms with E-state index >= 15 is 0 Å².